The summed E-state index contributed by atoms with van der Waals surface area (Å²) in [6.07, 6.45) is 3.16. The molecule has 0 aliphatic carbocycles. The SMILES string of the molecule is CSCC[C@@H](NC(=O)Cc1ccc(OCc2c(C)noc2C)cc1)c1nc2ccccc2[nH]1. The highest BCUT2D eigenvalue weighted by Crippen LogP contribution is 2.21. The molecule has 0 aliphatic rings. The minimum absolute atomic E-state index is 0.0362. The van der Waals surface area contributed by atoms with Crippen LogP contribution in [0.15, 0.2) is 53.1 Å². The van der Waals surface area contributed by atoms with Crippen LogP contribution in [0.2, 0.25) is 0 Å². The Labute approximate surface area is 197 Å². The monoisotopic (exact) mass is 464 g/mol. The maximum atomic E-state index is 12.8. The Balaban J connectivity index is 1.36. The smallest absolute Gasteiger partial charge is 0.225 e. The molecule has 4 rings (SSSR count). The standard InChI is InChI=1S/C25H28N4O3S/c1-16-20(17(2)32-29-16)15-31-19-10-8-18(9-11-19)14-24(30)26-23(12-13-33-3)25-27-21-6-4-5-7-22(21)28-25/h4-11,23H,12-15H2,1-3H3,(H,26,30)(H,27,28)/t23-/m1/s1. The lowest BCUT2D eigenvalue weighted by atomic mass is 10.1. The topological polar surface area (TPSA) is 93.0 Å². The van der Waals surface area contributed by atoms with E-state index in [1.807, 2.05) is 62.4 Å². The molecule has 0 radical (unpaired) electrons. The summed E-state index contributed by atoms with van der Waals surface area (Å²) < 4.78 is 11.0. The Hall–Kier alpha value is -3.26. The van der Waals surface area contributed by atoms with Crippen LogP contribution in [0.5, 0.6) is 5.75 Å². The minimum atomic E-state index is -0.157. The van der Waals surface area contributed by atoms with Crippen molar-refractivity contribution in [2.75, 3.05) is 12.0 Å². The summed E-state index contributed by atoms with van der Waals surface area (Å²) in [4.78, 5) is 20.8. The number of benzene rings is 2. The molecule has 172 valence electrons. The number of nitrogens with zero attached hydrogens (tertiary/aromatic N) is 2. The Morgan fingerprint density at radius 1 is 1.18 bits per heavy atom. The number of para-hydroxylation sites is 2. The number of hydrogen-bond donors (Lipinski definition) is 2. The number of hydrogen-bond acceptors (Lipinski definition) is 6. The van der Waals surface area contributed by atoms with E-state index >= 15 is 0 Å². The first kappa shape index (κ1) is 22.9. The van der Waals surface area contributed by atoms with Gasteiger partial charge in [-0.2, -0.15) is 11.8 Å². The number of aromatic amines is 1. The molecule has 4 aromatic rings. The molecule has 0 saturated carbocycles. The number of H-pyrrole nitrogens is 1. The number of aryl methyl sites for hydroxylation is 2. The number of carbonyl (C=O) groups is 1. The number of fused-ring (bicyclic) bond motifs is 1. The highest BCUT2D eigenvalue weighted by atomic mass is 32.2. The second-order valence-electron chi connectivity index (χ2n) is 7.95. The summed E-state index contributed by atoms with van der Waals surface area (Å²) >= 11 is 1.75. The number of nitrogens with one attached hydrogen (secondary N) is 2. The molecule has 1 amide bonds. The van der Waals surface area contributed by atoms with Gasteiger partial charge in [0.1, 0.15) is 23.9 Å². The van der Waals surface area contributed by atoms with Crippen LogP contribution in [-0.2, 0) is 17.8 Å². The number of imidazole rings is 1. The summed E-state index contributed by atoms with van der Waals surface area (Å²) in [5, 5.41) is 7.10. The molecule has 33 heavy (non-hydrogen) atoms. The summed E-state index contributed by atoms with van der Waals surface area (Å²) in [7, 11) is 0. The first-order valence-electron chi connectivity index (χ1n) is 10.9. The van der Waals surface area contributed by atoms with Crippen LogP contribution in [0.3, 0.4) is 0 Å². The predicted molar refractivity (Wildman–Crippen MR) is 130 cm³/mol. The van der Waals surface area contributed by atoms with Gasteiger partial charge in [-0.25, -0.2) is 4.98 Å². The summed E-state index contributed by atoms with van der Waals surface area (Å²) in [5.74, 6) is 3.19. The Bertz CT molecular complexity index is 1160. The van der Waals surface area contributed by atoms with E-state index in [-0.39, 0.29) is 11.9 Å². The van der Waals surface area contributed by atoms with Gasteiger partial charge in [0.2, 0.25) is 5.91 Å². The zero-order chi connectivity index (χ0) is 23.2. The lowest BCUT2D eigenvalue weighted by Gasteiger charge is -2.16. The lowest BCUT2D eigenvalue weighted by Crippen LogP contribution is -2.31. The van der Waals surface area contributed by atoms with Crippen molar-refractivity contribution in [2.24, 2.45) is 0 Å². The highest BCUT2D eigenvalue weighted by molar-refractivity contribution is 7.98. The Morgan fingerprint density at radius 3 is 2.67 bits per heavy atom. The first-order valence-corrected chi connectivity index (χ1v) is 12.3. The maximum absolute atomic E-state index is 12.8. The number of amides is 1. The van der Waals surface area contributed by atoms with E-state index in [2.05, 4.69) is 26.7 Å². The van der Waals surface area contributed by atoms with Crippen molar-refractivity contribution >= 4 is 28.7 Å². The van der Waals surface area contributed by atoms with E-state index in [1.165, 1.54) is 0 Å². The van der Waals surface area contributed by atoms with Crippen LogP contribution in [0.25, 0.3) is 11.0 Å². The van der Waals surface area contributed by atoms with Crippen molar-refractivity contribution in [1.82, 2.24) is 20.4 Å². The Kier molecular flexibility index (Phi) is 7.34. The normalized spacial score (nSPS) is 12.1. The van der Waals surface area contributed by atoms with Gasteiger partial charge in [-0.1, -0.05) is 29.4 Å². The molecule has 7 nitrogen and oxygen atoms in total. The molecule has 2 heterocycles. The van der Waals surface area contributed by atoms with Crippen LogP contribution >= 0.6 is 11.8 Å². The molecular weight excluding hydrogens is 436 g/mol. The van der Waals surface area contributed by atoms with Gasteiger partial charge in [-0.15, -0.1) is 0 Å². The molecule has 2 N–H and O–H groups in total. The van der Waals surface area contributed by atoms with Crippen LogP contribution in [0, 0.1) is 13.8 Å². The van der Waals surface area contributed by atoms with Gasteiger partial charge in [0.25, 0.3) is 0 Å². The largest absolute Gasteiger partial charge is 0.489 e. The number of thioether (sulfide) groups is 1. The molecule has 8 heteroatoms. The van der Waals surface area contributed by atoms with Gasteiger partial charge in [-0.3, -0.25) is 4.79 Å². The van der Waals surface area contributed by atoms with Crippen LogP contribution < -0.4 is 10.1 Å². The van der Waals surface area contributed by atoms with Gasteiger partial charge in [0.05, 0.1) is 34.8 Å². The minimum Gasteiger partial charge on any atom is -0.489 e. The van der Waals surface area contributed by atoms with E-state index in [0.717, 1.165) is 57.4 Å². The first-order chi connectivity index (χ1) is 16.0. The van der Waals surface area contributed by atoms with Gasteiger partial charge in [0, 0.05) is 0 Å². The van der Waals surface area contributed by atoms with E-state index < -0.39 is 0 Å². The van der Waals surface area contributed by atoms with E-state index in [0.29, 0.717) is 13.0 Å². The molecule has 0 aliphatic heterocycles. The zero-order valence-corrected chi connectivity index (χ0v) is 19.9. The van der Waals surface area contributed by atoms with Crippen molar-refractivity contribution in [3.63, 3.8) is 0 Å². The van der Waals surface area contributed by atoms with Gasteiger partial charge >= 0.3 is 0 Å². The number of aromatic nitrogens is 3. The van der Waals surface area contributed by atoms with Crippen molar-refractivity contribution < 1.29 is 14.1 Å². The fourth-order valence-corrected chi connectivity index (χ4v) is 4.12. The quantitative estimate of drug-likeness (QED) is 0.347. The third-order valence-electron chi connectivity index (χ3n) is 5.54. The third-order valence-corrected chi connectivity index (χ3v) is 6.18. The highest BCUT2D eigenvalue weighted by Gasteiger charge is 2.18. The fourth-order valence-electron chi connectivity index (χ4n) is 3.65. The van der Waals surface area contributed by atoms with Gasteiger partial charge in [0.15, 0.2) is 0 Å². The summed E-state index contributed by atoms with van der Waals surface area (Å²) in [6, 6.07) is 15.3. The summed E-state index contributed by atoms with van der Waals surface area (Å²) in [6.45, 7) is 4.17. The second kappa shape index (κ2) is 10.6. The van der Waals surface area contributed by atoms with Crippen LogP contribution in [0.4, 0.5) is 0 Å². The van der Waals surface area contributed by atoms with Gasteiger partial charge < -0.3 is 19.6 Å². The van der Waals surface area contributed by atoms with Crippen molar-refractivity contribution in [1.29, 1.82) is 0 Å². The Morgan fingerprint density at radius 2 is 1.97 bits per heavy atom. The number of rotatable bonds is 10. The number of ether oxygens (including phenoxy) is 1. The molecule has 2 aromatic carbocycles. The molecule has 0 bridgehead atoms. The zero-order valence-electron chi connectivity index (χ0n) is 19.1. The van der Waals surface area contributed by atoms with Gasteiger partial charge in [-0.05, 0) is 62.1 Å². The summed E-state index contributed by atoms with van der Waals surface area (Å²) in [5.41, 5.74) is 4.60. The number of carbonyl (C=O) groups excluding carboxylic acids is 1. The molecule has 0 saturated heterocycles. The van der Waals surface area contributed by atoms with Crippen molar-refractivity contribution in [3.05, 3.63) is 76.9 Å². The fraction of sp³-hybridized carbons (Fsp3) is 0.320. The molecular formula is C25H28N4O3S. The van der Waals surface area contributed by atoms with E-state index in [1.54, 1.807) is 11.8 Å². The average molecular weight is 465 g/mol. The van der Waals surface area contributed by atoms with Crippen LogP contribution in [0.1, 0.15) is 40.9 Å². The van der Waals surface area contributed by atoms with Crippen molar-refractivity contribution in [2.45, 2.75) is 39.3 Å². The predicted octanol–water partition coefficient (Wildman–Crippen LogP) is 4.90. The van der Waals surface area contributed by atoms with Crippen LogP contribution in [-0.4, -0.2) is 33.0 Å². The van der Waals surface area contributed by atoms with E-state index in [9.17, 15) is 4.79 Å². The molecule has 0 fully saturated rings. The third kappa shape index (κ3) is 5.76. The molecule has 0 unspecified atom stereocenters. The van der Waals surface area contributed by atoms with E-state index in [4.69, 9.17) is 9.26 Å². The second-order valence-corrected chi connectivity index (χ2v) is 8.94. The molecule has 1 atom stereocenters. The van der Waals surface area contributed by atoms with Crippen molar-refractivity contribution in [3.8, 4) is 5.75 Å². The molecule has 2 aromatic heterocycles. The lowest BCUT2D eigenvalue weighted by molar-refractivity contribution is -0.121. The molecule has 0 spiro atoms. The average Bonchev–Trinajstić information content (AvgIpc) is 3.39. The maximum Gasteiger partial charge on any atom is 0.225 e.